The number of benzene rings is 1. The van der Waals surface area contributed by atoms with Gasteiger partial charge in [-0.2, -0.15) is 0 Å². The maximum atomic E-state index is 6.00. The summed E-state index contributed by atoms with van der Waals surface area (Å²) >= 11 is 6.00. The van der Waals surface area contributed by atoms with Gasteiger partial charge in [-0.15, -0.1) is 0 Å². The van der Waals surface area contributed by atoms with Gasteiger partial charge in [0.2, 0.25) is 0 Å². The minimum Gasteiger partial charge on any atom is -0.329 e. The van der Waals surface area contributed by atoms with E-state index >= 15 is 0 Å². The van der Waals surface area contributed by atoms with Crippen molar-refractivity contribution in [2.24, 2.45) is 5.73 Å². The summed E-state index contributed by atoms with van der Waals surface area (Å²) in [5, 5.41) is 0.778. The van der Waals surface area contributed by atoms with E-state index in [1.54, 1.807) is 0 Å². The summed E-state index contributed by atoms with van der Waals surface area (Å²) in [6, 6.07) is 8.23. The molecule has 0 heterocycles. The van der Waals surface area contributed by atoms with Crippen LogP contribution in [0.25, 0.3) is 0 Å². The second-order valence-electron chi connectivity index (χ2n) is 4.14. The van der Waals surface area contributed by atoms with Gasteiger partial charge in [0.1, 0.15) is 0 Å². The van der Waals surface area contributed by atoms with Crippen LogP contribution in [0, 0.1) is 0 Å². The van der Waals surface area contributed by atoms with E-state index in [0.29, 0.717) is 6.54 Å². The van der Waals surface area contributed by atoms with Crippen molar-refractivity contribution in [3.05, 3.63) is 34.9 Å². The van der Waals surface area contributed by atoms with Crippen molar-refractivity contribution in [2.45, 2.75) is 25.8 Å². The minimum absolute atomic E-state index is 0.269. The highest BCUT2D eigenvalue weighted by molar-refractivity contribution is 6.30. The summed E-state index contributed by atoms with van der Waals surface area (Å²) < 4.78 is 0. The Labute approximate surface area is 103 Å². The van der Waals surface area contributed by atoms with Crippen molar-refractivity contribution < 1.29 is 0 Å². The average molecular weight is 241 g/mol. The summed E-state index contributed by atoms with van der Waals surface area (Å²) in [5.41, 5.74) is 7.05. The molecule has 0 fully saturated rings. The Hall–Kier alpha value is -0.570. The van der Waals surface area contributed by atoms with Crippen LogP contribution in [0.2, 0.25) is 5.02 Å². The third-order valence-corrected chi connectivity index (χ3v) is 3.09. The molecule has 0 bridgehead atoms. The Morgan fingerprint density at radius 2 is 2.19 bits per heavy atom. The molecule has 16 heavy (non-hydrogen) atoms. The van der Waals surface area contributed by atoms with Gasteiger partial charge in [0.25, 0.3) is 0 Å². The molecular formula is C13H21ClN2. The molecule has 2 nitrogen and oxygen atoms in total. The minimum atomic E-state index is 0.269. The lowest BCUT2D eigenvalue weighted by molar-refractivity contribution is 0.246. The molecule has 1 rings (SSSR count). The number of rotatable bonds is 6. The number of likely N-dealkylation sites (N-methyl/N-ethyl adjacent to an activating group) is 1. The Balaban J connectivity index is 2.73. The van der Waals surface area contributed by atoms with E-state index < -0.39 is 0 Å². The summed E-state index contributed by atoms with van der Waals surface area (Å²) in [5.74, 6) is 0. The Morgan fingerprint density at radius 3 is 2.75 bits per heavy atom. The first-order valence-electron chi connectivity index (χ1n) is 5.84. The topological polar surface area (TPSA) is 29.3 Å². The lowest BCUT2D eigenvalue weighted by Gasteiger charge is -2.27. The second kappa shape index (κ2) is 6.89. The van der Waals surface area contributed by atoms with E-state index in [0.717, 1.165) is 11.6 Å². The zero-order valence-electron chi connectivity index (χ0n) is 10.1. The van der Waals surface area contributed by atoms with Gasteiger partial charge in [0, 0.05) is 17.6 Å². The lowest BCUT2D eigenvalue weighted by Crippen LogP contribution is -2.31. The van der Waals surface area contributed by atoms with Gasteiger partial charge in [0.05, 0.1) is 0 Å². The van der Waals surface area contributed by atoms with E-state index in [1.807, 2.05) is 18.2 Å². The molecule has 1 unspecified atom stereocenters. The van der Waals surface area contributed by atoms with Gasteiger partial charge in [-0.25, -0.2) is 0 Å². The number of hydrogen-bond donors (Lipinski definition) is 1. The van der Waals surface area contributed by atoms with Crippen molar-refractivity contribution in [3.8, 4) is 0 Å². The first-order valence-corrected chi connectivity index (χ1v) is 6.22. The van der Waals surface area contributed by atoms with Gasteiger partial charge in [-0.1, -0.05) is 37.1 Å². The smallest absolute Gasteiger partial charge is 0.0467 e. The van der Waals surface area contributed by atoms with Crippen LogP contribution in [0.1, 0.15) is 31.4 Å². The molecule has 3 heteroatoms. The van der Waals surface area contributed by atoms with Gasteiger partial charge < -0.3 is 5.73 Å². The molecule has 0 saturated carbocycles. The predicted molar refractivity (Wildman–Crippen MR) is 70.8 cm³/mol. The molecule has 90 valence electrons. The maximum absolute atomic E-state index is 6.00. The SMILES string of the molecule is CCCCN(C)C(CN)c1cccc(Cl)c1. The summed E-state index contributed by atoms with van der Waals surface area (Å²) in [4.78, 5) is 2.30. The van der Waals surface area contributed by atoms with Crippen molar-refractivity contribution in [2.75, 3.05) is 20.1 Å². The number of nitrogens with two attached hydrogens (primary N) is 1. The summed E-state index contributed by atoms with van der Waals surface area (Å²) in [6.07, 6.45) is 2.41. The fraction of sp³-hybridized carbons (Fsp3) is 0.538. The average Bonchev–Trinajstić information content (AvgIpc) is 2.27. The number of nitrogens with zero attached hydrogens (tertiary/aromatic N) is 1. The largest absolute Gasteiger partial charge is 0.329 e. The van der Waals surface area contributed by atoms with E-state index in [1.165, 1.54) is 18.4 Å². The Kier molecular flexibility index (Phi) is 5.81. The molecule has 2 N–H and O–H groups in total. The normalized spacial score (nSPS) is 13.1. The maximum Gasteiger partial charge on any atom is 0.0467 e. The van der Waals surface area contributed by atoms with Crippen LogP contribution in [0.15, 0.2) is 24.3 Å². The first-order chi connectivity index (χ1) is 7.69. The highest BCUT2D eigenvalue weighted by Gasteiger charge is 2.14. The Bertz CT molecular complexity index is 315. The molecule has 0 aromatic heterocycles. The van der Waals surface area contributed by atoms with Gasteiger partial charge >= 0.3 is 0 Å². The number of unbranched alkanes of at least 4 members (excludes halogenated alkanes) is 1. The van der Waals surface area contributed by atoms with Gasteiger partial charge in [-0.05, 0) is 37.7 Å². The molecule has 0 aliphatic heterocycles. The molecule has 1 aromatic rings. The lowest BCUT2D eigenvalue weighted by atomic mass is 10.1. The zero-order chi connectivity index (χ0) is 12.0. The van der Waals surface area contributed by atoms with Crippen LogP contribution in [0.3, 0.4) is 0 Å². The predicted octanol–water partition coefficient (Wildman–Crippen LogP) is 3.07. The van der Waals surface area contributed by atoms with Crippen LogP contribution in [-0.4, -0.2) is 25.0 Å². The summed E-state index contributed by atoms with van der Waals surface area (Å²) in [7, 11) is 2.12. The third kappa shape index (κ3) is 3.78. The van der Waals surface area contributed by atoms with Crippen LogP contribution in [0.4, 0.5) is 0 Å². The van der Waals surface area contributed by atoms with Crippen molar-refractivity contribution in [3.63, 3.8) is 0 Å². The van der Waals surface area contributed by atoms with E-state index in [-0.39, 0.29) is 6.04 Å². The van der Waals surface area contributed by atoms with Crippen LogP contribution < -0.4 is 5.73 Å². The first kappa shape index (κ1) is 13.5. The van der Waals surface area contributed by atoms with E-state index in [9.17, 15) is 0 Å². The number of halogens is 1. The molecule has 0 amide bonds. The van der Waals surface area contributed by atoms with Crippen LogP contribution in [0.5, 0.6) is 0 Å². The quantitative estimate of drug-likeness (QED) is 0.828. The third-order valence-electron chi connectivity index (χ3n) is 2.85. The molecule has 0 radical (unpaired) electrons. The molecule has 0 spiro atoms. The van der Waals surface area contributed by atoms with Crippen molar-refractivity contribution in [1.82, 2.24) is 4.90 Å². The van der Waals surface area contributed by atoms with Crippen LogP contribution >= 0.6 is 11.6 Å². The molecular weight excluding hydrogens is 220 g/mol. The van der Waals surface area contributed by atoms with Crippen molar-refractivity contribution >= 4 is 11.6 Å². The fourth-order valence-electron chi connectivity index (χ4n) is 1.85. The van der Waals surface area contributed by atoms with Gasteiger partial charge in [-0.3, -0.25) is 4.90 Å². The highest BCUT2D eigenvalue weighted by Crippen LogP contribution is 2.21. The fourth-order valence-corrected chi connectivity index (χ4v) is 2.05. The molecule has 0 aliphatic carbocycles. The monoisotopic (exact) mass is 240 g/mol. The molecule has 1 aromatic carbocycles. The molecule has 0 aliphatic rings. The second-order valence-corrected chi connectivity index (χ2v) is 4.58. The standard InChI is InChI=1S/C13H21ClN2/c1-3-4-8-16(2)13(10-15)11-6-5-7-12(14)9-11/h5-7,9,13H,3-4,8,10,15H2,1-2H3. The van der Waals surface area contributed by atoms with E-state index in [4.69, 9.17) is 17.3 Å². The zero-order valence-corrected chi connectivity index (χ0v) is 10.9. The van der Waals surface area contributed by atoms with Crippen molar-refractivity contribution in [1.29, 1.82) is 0 Å². The van der Waals surface area contributed by atoms with E-state index in [2.05, 4.69) is 24.9 Å². The van der Waals surface area contributed by atoms with Gasteiger partial charge in [0.15, 0.2) is 0 Å². The summed E-state index contributed by atoms with van der Waals surface area (Å²) in [6.45, 7) is 3.90. The highest BCUT2D eigenvalue weighted by atomic mass is 35.5. The Morgan fingerprint density at radius 1 is 1.44 bits per heavy atom. The number of hydrogen-bond acceptors (Lipinski definition) is 2. The molecule has 0 saturated heterocycles. The molecule has 1 atom stereocenters. The van der Waals surface area contributed by atoms with Crippen LogP contribution in [-0.2, 0) is 0 Å².